The van der Waals surface area contributed by atoms with E-state index in [0.29, 0.717) is 37.5 Å². The highest BCUT2D eigenvalue weighted by molar-refractivity contribution is 7.89. The van der Waals surface area contributed by atoms with Crippen LogP contribution >= 0.6 is 11.3 Å². The van der Waals surface area contributed by atoms with E-state index in [9.17, 15) is 13.2 Å². The van der Waals surface area contributed by atoms with Crippen molar-refractivity contribution in [3.63, 3.8) is 0 Å². The average Bonchev–Trinajstić information content (AvgIpc) is 3.28. The molecule has 0 spiro atoms. The number of aromatic nitrogens is 1. The number of carbonyl (C=O) groups is 1. The van der Waals surface area contributed by atoms with Gasteiger partial charge in [-0.25, -0.2) is 13.4 Å². The lowest BCUT2D eigenvalue weighted by Gasteiger charge is -2.33. The fourth-order valence-corrected chi connectivity index (χ4v) is 6.06. The fourth-order valence-electron chi connectivity index (χ4n) is 3.89. The zero-order valence-electron chi connectivity index (χ0n) is 15.3. The van der Waals surface area contributed by atoms with Crippen molar-refractivity contribution in [3.8, 4) is 0 Å². The number of hydrogen-bond acceptors (Lipinski definition) is 6. The molecule has 1 aromatic carbocycles. The molecule has 9 heteroatoms. The summed E-state index contributed by atoms with van der Waals surface area (Å²) >= 11 is 1.57. The van der Waals surface area contributed by atoms with E-state index in [1.165, 1.54) is 6.92 Å². The molecule has 0 radical (unpaired) electrons. The van der Waals surface area contributed by atoms with Gasteiger partial charge in [0.15, 0.2) is 5.13 Å². The lowest BCUT2D eigenvalue weighted by molar-refractivity contribution is -0.116. The third-order valence-electron chi connectivity index (χ3n) is 5.17. The van der Waals surface area contributed by atoms with E-state index in [4.69, 9.17) is 0 Å². The molecule has 1 fully saturated rings. The maximum absolute atomic E-state index is 13.1. The summed E-state index contributed by atoms with van der Waals surface area (Å²) < 4.78 is 27.7. The number of rotatable bonds is 3. The molecule has 0 saturated carbocycles. The first-order chi connectivity index (χ1) is 12.9. The molecule has 3 heterocycles. The van der Waals surface area contributed by atoms with Gasteiger partial charge in [-0.05, 0) is 37.1 Å². The Morgan fingerprint density at radius 2 is 1.96 bits per heavy atom. The van der Waals surface area contributed by atoms with Gasteiger partial charge in [0.2, 0.25) is 15.9 Å². The number of carbonyl (C=O) groups excluding carboxylic acids is 1. The molecule has 2 aliphatic heterocycles. The second-order valence-electron chi connectivity index (χ2n) is 6.94. The molecule has 1 aromatic heterocycles. The van der Waals surface area contributed by atoms with Crippen LogP contribution in [0.4, 0.5) is 10.8 Å². The first-order valence-electron chi connectivity index (χ1n) is 8.95. The third kappa shape index (κ3) is 3.24. The van der Waals surface area contributed by atoms with E-state index in [1.54, 1.807) is 44.9 Å². The Morgan fingerprint density at radius 1 is 1.22 bits per heavy atom. The van der Waals surface area contributed by atoms with Crippen molar-refractivity contribution in [2.45, 2.75) is 31.2 Å². The Kier molecular flexibility index (Phi) is 4.69. The van der Waals surface area contributed by atoms with E-state index in [1.807, 2.05) is 12.3 Å². The summed E-state index contributed by atoms with van der Waals surface area (Å²) in [5.41, 5.74) is 1.74. The molecule has 4 rings (SSSR count). The first-order valence-corrected chi connectivity index (χ1v) is 11.3. The van der Waals surface area contributed by atoms with E-state index in [0.717, 1.165) is 16.4 Å². The predicted octanol–water partition coefficient (Wildman–Crippen LogP) is 1.95. The molecule has 2 aromatic rings. The van der Waals surface area contributed by atoms with Gasteiger partial charge < -0.3 is 9.80 Å². The number of fused-ring (bicyclic) bond motifs is 1. The molecule has 7 nitrogen and oxygen atoms in total. The number of thiazole rings is 1. The number of amides is 1. The lowest BCUT2D eigenvalue weighted by atomic mass is 10.1. The van der Waals surface area contributed by atoms with E-state index >= 15 is 0 Å². The standard InChI is InChI=1S/C18H22N4O3S2/c1-13-11-15-12-16(3-4-17(15)22(13)14(2)23)27(24,25)21-8-6-20(7-9-21)18-19-5-10-26-18/h3-5,10,12-13H,6-9,11H2,1-2H3. The third-order valence-corrected chi connectivity index (χ3v) is 7.90. The van der Waals surface area contributed by atoms with Crippen LogP contribution in [0.15, 0.2) is 34.7 Å². The second-order valence-corrected chi connectivity index (χ2v) is 9.75. The van der Waals surface area contributed by atoms with Crippen LogP contribution in [0.2, 0.25) is 0 Å². The summed E-state index contributed by atoms with van der Waals surface area (Å²) in [7, 11) is -3.54. The van der Waals surface area contributed by atoms with Gasteiger partial charge >= 0.3 is 0 Å². The van der Waals surface area contributed by atoms with Crippen LogP contribution < -0.4 is 9.80 Å². The first kappa shape index (κ1) is 18.4. The largest absolute Gasteiger partial charge is 0.345 e. The summed E-state index contributed by atoms with van der Waals surface area (Å²) in [5.74, 6) is -0.0184. The van der Waals surface area contributed by atoms with E-state index in [-0.39, 0.29) is 11.9 Å². The predicted molar refractivity (Wildman–Crippen MR) is 106 cm³/mol. The van der Waals surface area contributed by atoms with Crippen LogP contribution in [0.1, 0.15) is 19.4 Å². The smallest absolute Gasteiger partial charge is 0.243 e. The summed E-state index contributed by atoms with van der Waals surface area (Å²) in [5, 5.41) is 2.86. The van der Waals surface area contributed by atoms with Gasteiger partial charge in [-0.1, -0.05) is 0 Å². The Bertz CT molecular complexity index is 951. The molecular formula is C18H22N4O3S2. The number of benzene rings is 1. The Morgan fingerprint density at radius 3 is 2.59 bits per heavy atom. The maximum Gasteiger partial charge on any atom is 0.243 e. The Balaban J connectivity index is 1.54. The van der Waals surface area contributed by atoms with Crippen molar-refractivity contribution in [1.29, 1.82) is 0 Å². The fraction of sp³-hybridized carbons (Fsp3) is 0.444. The van der Waals surface area contributed by atoms with Crippen LogP contribution in [0.5, 0.6) is 0 Å². The monoisotopic (exact) mass is 406 g/mol. The summed E-state index contributed by atoms with van der Waals surface area (Å²) in [6, 6.07) is 5.17. The number of hydrogen-bond donors (Lipinski definition) is 0. The van der Waals surface area contributed by atoms with E-state index in [2.05, 4.69) is 9.88 Å². The minimum Gasteiger partial charge on any atom is -0.345 e. The van der Waals surface area contributed by atoms with Gasteiger partial charge in [0, 0.05) is 56.4 Å². The molecule has 2 aliphatic rings. The SMILES string of the molecule is CC(=O)N1c2ccc(S(=O)(=O)N3CCN(c4nccs4)CC3)cc2CC1C. The summed E-state index contributed by atoms with van der Waals surface area (Å²) in [4.78, 5) is 20.3. The van der Waals surface area contributed by atoms with E-state index < -0.39 is 10.0 Å². The molecule has 1 amide bonds. The number of sulfonamides is 1. The molecule has 144 valence electrons. The van der Waals surface area contributed by atoms with Crippen LogP contribution in [0.3, 0.4) is 0 Å². The molecule has 1 unspecified atom stereocenters. The van der Waals surface area contributed by atoms with Crippen molar-refractivity contribution < 1.29 is 13.2 Å². The van der Waals surface area contributed by atoms with Gasteiger partial charge in [0.1, 0.15) is 0 Å². The molecule has 0 bridgehead atoms. The number of anilines is 2. The van der Waals surface area contributed by atoms with Crippen LogP contribution in [-0.4, -0.2) is 55.8 Å². The van der Waals surface area contributed by atoms with Crippen LogP contribution in [-0.2, 0) is 21.2 Å². The second kappa shape index (κ2) is 6.88. The number of piperazine rings is 1. The maximum atomic E-state index is 13.1. The minimum atomic E-state index is -3.54. The summed E-state index contributed by atoms with van der Waals surface area (Å²) in [6.07, 6.45) is 2.44. The van der Waals surface area contributed by atoms with Crippen LogP contribution in [0.25, 0.3) is 0 Å². The van der Waals surface area contributed by atoms with Crippen molar-refractivity contribution in [2.24, 2.45) is 0 Å². The Hall–Kier alpha value is -1.97. The van der Waals surface area contributed by atoms with Gasteiger partial charge in [-0.15, -0.1) is 11.3 Å². The zero-order chi connectivity index (χ0) is 19.2. The van der Waals surface area contributed by atoms with Crippen molar-refractivity contribution >= 4 is 38.1 Å². The van der Waals surface area contributed by atoms with Gasteiger partial charge in [-0.2, -0.15) is 4.31 Å². The molecule has 1 atom stereocenters. The highest BCUT2D eigenvalue weighted by Crippen LogP contribution is 2.34. The number of nitrogens with zero attached hydrogens (tertiary/aromatic N) is 4. The quantitative estimate of drug-likeness (QED) is 0.779. The van der Waals surface area contributed by atoms with Gasteiger partial charge in [-0.3, -0.25) is 4.79 Å². The molecular weight excluding hydrogens is 384 g/mol. The highest BCUT2D eigenvalue weighted by atomic mass is 32.2. The average molecular weight is 407 g/mol. The van der Waals surface area contributed by atoms with Gasteiger partial charge in [0.25, 0.3) is 0 Å². The Labute approximate surface area is 163 Å². The minimum absolute atomic E-state index is 0.0184. The van der Waals surface area contributed by atoms with Crippen molar-refractivity contribution in [3.05, 3.63) is 35.3 Å². The highest BCUT2D eigenvalue weighted by Gasteiger charge is 2.33. The normalized spacial score (nSPS) is 20.7. The molecule has 27 heavy (non-hydrogen) atoms. The molecule has 0 aliphatic carbocycles. The zero-order valence-corrected chi connectivity index (χ0v) is 17.0. The van der Waals surface area contributed by atoms with Crippen molar-refractivity contribution in [2.75, 3.05) is 36.0 Å². The van der Waals surface area contributed by atoms with Crippen LogP contribution in [0, 0.1) is 0 Å². The van der Waals surface area contributed by atoms with Gasteiger partial charge in [0.05, 0.1) is 4.90 Å². The lowest BCUT2D eigenvalue weighted by Crippen LogP contribution is -2.48. The summed E-state index contributed by atoms with van der Waals surface area (Å²) in [6.45, 7) is 5.66. The molecule has 1 saturated heterocycles. The topological polar surface area (TPSA) is 73.8 Å². The van der Waals surface area contributed by atoms with Crippen molar-refractivity contribution in [1.82, 2.24) is 9.29 Å². The molecule has 0 N–H and O–H groups in total.